The van der Waals surface area contributed by atoms with Crippen molar-refractivity contribution in [1.82, 2.24) is 0 Å². The molecule has 182 valence electrons. The van der Waals surface area contributed by atoms with Gasteiger partial charge >= 0.3 is 0 Å². The number of allylic oxidation sites excluding steroid dienone is 1. The summed E-state index contributed by atoms with van der Waals surface area (Å²) in [6, 6.07) is 0. The predicted octanol–water partition coefficient (Wildman–Crippen LogP) is 9.16. The van der Waals surface area contributed by atoms with E-state index < -0.39 is 0 Å². The number of carbonyl (C=O) groups is 1. The van der Waals surface area contributed by atoms with Crippen LogP contribution in [0.2, 0.25) is 0 Å². The van der Waals surface area contributed by atoms with Crippen LogP contribution in [-0.4, -0.2) is 5.78 Å². The van der Waals surface area contributed by atoms with Crippen LogP contribution >= 0.6 is 0 Å². The second-order valence-corrected chi connectivity index (χ2v) is 14.0. The minimum Gasteiger partial charge on any atom is -0.295 e. The predicted molar refractivity (Wildman–Crippen MR) is 137 cm³/mol. The van der Waals surface area contributed by atoms with Gasteiger partial charge in [-0.15, -0.1) is 0 Å². The first kappa shape index (κ1) is 24.5. The summed E-state index contributed by atoms with van der Waals surface area (Å²) in [5.74, 6) is 3.89. The molecule has 0 N–H and O–H groups in total. The second-order valence-electron chi connectivity index (χ2n) is 14.0. The molecule has 0 aliphatic heterocycles. The molecule has 0 saturated heterocycles. The van der Waals surface area contributed by atoms with E-state index in [-0.39, 0.29) is 0 Å². The maximum absolute atomic E-state index is 12.1. The molecule has 0 aromatic heterocycles. The van der Waals surface area contributed by atoms with Gasteiger partial charge < -0.3 is 0 Å². The Kier molecular flexibility index (Phi) is 6.57. The van der Waals surface area contributed by atoms with E-state index in [1.54, 1.807) is 0 Å². The lowest BCUT2D eigenvalue weighted by atomic mass is 9.44. The number of hydrogen-bond donors (Lipinski definition) is 0. The van der Waals surface area contributed by atoms with Gasteiger partial charge in [-0.2, -0.15) is 0 Å². The monoisotopic (exact) mass is 440 g/mol. The van der Waals surface area contributed by atoms with Gasteiger partial charge in [0.05, 0.1) is 0 Å². The molecule has 7 atom stereocenters. The first-order valence-electron chi connectivity index (χ1n) is 14.2. The van der Waals surface area contributed by atoms with Crippen LogP contribution in [0, 0.1) is 45.3 Å². The SMILES string of the molecule is CCC(CCCC1(CC)CCC2C3CCC4=CC(=O)CC[C@]4(C)C3CC[C@@]21C)C(C)(C)C. The number of fused-ring (bicyclic) bond motifs is 5. The third kappa shape index (κ3) is 3.76. The Bertz CT molecular complexity index is 740. The molecule has 0 aromatic rings. The summed E-state index contributed by atoms with van der Waals surface area (Å²) in [5, 5.41) is 0. The minimum atomic E-state index is 0.316. The zero-order valence-corrected chi connectivity index (χ0v) is 22.5. The second kappa shape index (κ2) is 8.57. The highest BCUT2D eigenvalue weighted by molar-refractivity contribution is 5.91. The van der Waals surface area contributed by atoms with Gasteiger partial charge in [0.15, 0.2) is 5.78 Å². The number of hydrogen-bond acceptors (Lipinski definition) is 1. The maximum Gasteiger partial charge on any atom is 0.155 e. The highest BCUT2D eigenvalue weighted by Crippen LogP contribution is 2.71. The Hall–Kier alpha value is -0.590. The smallest absolute Gasteiger partial charge is 0.155 e. The summed E-state index contributed by atoms with van der Waals surface area (Å²) in [6.07, 6.45) is 19.3. The van der Waals surface area contributed by atoms with Crippen LogP contribution < -0.4 is 0 Å². The zero-order chi connectivity index (χ0) is 23.4. The van der Waals surface area contributed by atoms with Crippen LogP contribution in [0.5, 0.6) is 0 Å². The van der Waals surface area contributed by atoms with Gasteiger partial charge in [0.25, 0.3) is 0 Å². The van der Waals surface area contributed by atoms with Gasteiger partial charge in [-0.05, 0) is 116 Å². The fourth-order valence-electron chi connectivity index (χ4n) is 9.89. The minimum absolute atomic E-state index is 0.316. The molecule has 0 bridgehead atoms. The van der Waals surface area contributed by atoms with Gasteiger partial charge in [0.1, 0.15) is 0 Å². The average Bonchev–Trinajstić information content (AvgIpc) is 3.03. The lowest BCUT2D eigenvalue weighted by Gasteiger charge is -2.60. The summed E-state index contributed by atoms with van der Waals surface area (Å²) < 4.78 is 0. The molecule has 0 aromatic carbocycles. The van der Waals surface area contributed by atoms with Crippen LogP contribution in [0.3, 0.4) is 0 Å². The molecule has 4 aliphatic carbocycles. The van der Waals surface area contributed by atoms with E-state index in [1.165, 1.54) is 76.2 Å². The van der Waals surface area contributed by atoms with Crippen LogP contribution in [0.1, 0.15) is 132 Å². The molecule has 0 heterocycles. The molecule has 0 radical (unpaired) electrons. The van der Waals surface area contributed by atoms with Crippen molar-refractivity contribution >= 4 is 5.78 Å². The highest BCUT2D eigenvalue weighted by Gasteiger charge is 2.63. The van der Waals surface area contributed by atoms with Crippen LogP contribution in [0.25, 0.3) is 0 Å². The Morgan fingerprint density at radius 1 is 1.00 bits per heavy atom. The fourth-order valence-corrected chi connectivity index (χ4v) is 9.89. The number of rotatable bonds is 6. The Morgan fingerprint density at radius 2 is 1.72 bits per heavy atom. The summed E-state index contributed by atoms with van der Waals surface area (Å²) in [5.41, 5.74) is 3.38. The van der Waals surface area contributed by atoms with Crippen molar-refractivity contribution in [1.29, 1.82) is 0 Å². The number of carbonyl (C=O) groups excluding carboxylic acids is 1. The van der Waals surface area contributed by atoms with Crippen molar-refractivity contribution in [3.63, 3.8) is 0 Å². The lowest BCUT2D eigenvalue weighted by Crippen LogP contribution is -2.52. The van der Waals surface area contributed by atoms with Crippen molar-refractivity contribution in [2.45, 2.75) is 132 Å². The molecule has 1 nitrogen and oxygen atoms in total. The van der Waals surface area contributed by atoms with E-state index in [0.29, 0.717) is 27.4 Å². The Balaban J connectivity index is 1.51. The first-order chi connectivity index (χ1) is 15.0. The maximum atomic E-state index is 12.1. The van der Waals surface area contributed by atoms with Gasteiger partial charge in [-0.25, -0.2) is 0 Å². The molecule has 0 spiro atoms. The van der Waals surface area contributed by atoms with Crippen molar-refractivity contribution in [3.8, 4) is 0 Å². The summed E-state index contributed by atoms with van der Waals surface area (Å²) in [6.45, 7) is 17.5. The molecule has 4 rings (SSSR count). The normalized spacial score (nSPS) is 42.7. The summed E-state index contributed by atoms with van der Waals surface area (Å²) in [7, 11) is 0. The molecule has 4 aliphatic rings. The van der Waals surface area contributed by atoms with Crippen LogP contribution in [-0.2, 0) is 4.79 Å². The van der Waals surface area contributed by atoms with Crippen molar-refractivity contribution < 1.29 is 4.79 Å². The molecule has 32 heavy (non-hydrogen) atoms. The third-order valence-electron chi connectivity index (χ3n) is 12.1. The third-order valence-corrected chi connectivity index (χ3v) is 12.1. The van der Waals surface area contributed by atoms with Gasteiger partial charge in [0, 0.05) is 6.42 Å². The van der Waals surface area contributed by atoms with E-state index >= 15 is 0 Å². The Morgan fingerprint density at radius 3 is 2.38 bits per heavy atom. The van der Waals surface area contributed by atoms with E-state index in [9.17, 15) is 4.79 Å². The molecule has 3 saturated carbocycles. The van der Waals surface area contributed by atoms with Crippen molar-refractivity contribution in [2.75, 3.05) is 0 Å². The molecule has 5 unspecified atom stereocenters. The molecule has 3 fully saturated rings. The summed E-state index contributed by atoms with van der Waals surface area (Å²) in [4.78, 5) is 12.1. The van der Waals surface area contributed by atoms with Crippen LogP contribution in [0.15, 0.2) is 11.6 Å². The molecule has 1 heteroatoms. The van der Waals surface area contributed by atoms with Crippen molar-refractivity contribution in [3.05, 3.63) is 11.6 Å². The van der Waals surface area contributed by atoms with E-state index in [4.69, 9.17) is 0 Å². The van der Waals surface area contributed by atoms with E-state index in [0.717, 1.165) is 36.5 Å². The summed E-state index contributed by atoms with van der Waals surface area (Å²) >= 11 is 0. The first-order valence-corrected chi connectivity index (χ1v) is 14.2. The fraction of sp³-hybridized carbons (Fsp3) is 0.903. The van der Waals surface area contributed by atoms with Gasteiger partial charge in [-0.3, -0.25) is 4.79 Å². The average molecular weight is 441 g/mol. The largest absolute Gasteiger partial charge is 0.295 e. The standard InChI is InChI=1S/C31H52O/c1-8-22(28(3,4)5)11-10-17-31(9-2)20-16-27-25-13-12-23-21-24(32)14-18-29(23,6)26(25)15-19-30(27,31)7/h21-22,25-27H,8-20H2,1-7H3/t22?,25?,26?,27?,29-,30-,31?/m0/s1. The highest BCUT2D eigenvalue weighted by atomic mass is 16.1. The van der Waals surface area contributed by atoms with E-state index in [2.05, 4.69) is 54.5 Å². The Labute approximate surface area is 199 Å². The quantitative estimate of drug-likeness (QED) is 0.402. The van der Waals surface area contributed by atoms with Crippen LogP contribution in [0.4, 0.5) is 0 Å². The molecular formula is C31H52O. The topological polar surface area (TPSA) is 17.1 Å². The zero-order valence-electron chi connectivity index (χ0n) is 22.5. The molecule has 0 amide bonds. The van der Waals surface area contributed by atoms with Crippen molar-refractivity contribution in [2.24, 2.45) is 45.3 Å². The van der Waals surface area contributed by atoms with Gasteiger partial charge in [0.2, 0.25) is 0 Å². The number of ketones is 1. The van der Waals surface area contributed by atoms with E-state index in [1.807, 2.05) is 0 Å². The lowest BCUT2D eigenvalue weighted by molar-refractivity contribution is -0.118. The molecular weight excluding hydrogens is 388 g/mol. The van der Waals surface area contributed by atoms with Gasteiger partial charge in [-0.1, -0.05) is 66.9 Å².